The SMILES string of the molecule is CCN1C(=Cc2n(CC)c3cc(Cl)c(Cl)cc3[n+]2CCCS(=O)(=O)[O-])N(CCCS(=O)(=O)[O-])c2cc(Cl)c(Cl)cc21.CC[n+]1ccccc1. The predicted molar refractivity (Wildman–Crippen MR) is 193 cm³/mol. The van der Waals surface area contributed by atoms with Crippen molar-refractivity contribution in [2.24, 2.45) is 0 Å². The molecule has 0 spiro atoms. The molecule has 0 amide bonds. The predicted octanol–water partition coefficient (Wildman–Crippen LogP) is 6.07. The maximum absolute atomic E-state index is 11.4. The van der Waals surface area contributed by atoms with E-state index in [1.165, 1.54) is 0 Å². The van der Waals surface area contributed by atoms with Gasteiger partial charge in [0.05, 0.1) is 70.9 Å². The highest BCUT2D eigenvalue weighted by Gasteiger charge is 2.34. The number of aromatic nitrogens is 3. The van der Waals surface area contributed by atoms with E-state index in [-0.39, 0.29) is 25.9 Å². The fourth-order valence-electron chi connectivity index (χ4n) is 5.71. The van der Waals surface area contributed by atoms with Crippen LogP contribution in [-0.4, -0.2) is 55.1 Å². The first-order chi connectivity index (χ1) is 23.1. The normalized spacial score (nSPS) is 14.0. The molecule has 1 aliphatic heterocycles. The number of imidazole rings is 1. The largest absolute Gasteiger partial charge is 0.748 e. The van der Waals surface area contributed by atoms with Crippen LogP contribution >= 0.6 is 46.4 Å². The average molecular weight is 794 g/mol. The maximum Gasteiger partial charge on any atom is 0.286 e. The molecule has 0 fully saturated rings. The Morgan fingerprint density at radius 1 is 0.735 bits per heavy atom. The first kappa shape index (κ1) is 39.2. The lowest BCUT2D eigenvalue weighted by atomic mass is 10.2. The molecule has 0 bridgehead atoms. The quantitative estimate of drug-likeness (QED) is 0.125. The molecule has 0 radical (unpaired) electrons. The van der Waals surface area contributed by atoms with Gasteiger partial charge in [-0.25, -0.2) is 30.5 Å². The molecule has 1 aliphatic rings. The Bertz CT molecular complexity index is 2060. The maximum atomic E-state index is 11.4. The summed E-state index contributed by atoms with van der Waals surface area (Å²) >= 11 is 25.4. The Kier molecular flexibility index (Phi) is 13.3. The minimum atomic E-state index is -4.43. The minimum absolute atomic E-state index is 0.0593. The molecule has 49 heavy (non-hydrogen) atoms. The topological polar surface area (TPSA) is 134 Å². The van der Waals surface area contributed by atoms with Crippen LogP contribution in [0, 0.1) is 0 Å². The Hall–Kier alpha value is -2.62. The van der Waals surface area contributed by atoms with Crippen LogP contribution in [0.4, 0.5) is 11.4 Å². The Morgan fingerprint density at radius 3 is 1.82 bits per heavy atom. The van der Waals surface area contributed by atoms with Gasteiger partial charge in [0.2, 0.25) is 0 Å². The van der Waals surface area contributed by atoms with Gasteiger partial charge in [-0.3, -0.25) is 0 Å². The Labute approximate surface area is 307 Å². The van der Waals surface area contributed by atoms with Crippen LogP contribution in [0.1, 0.15) is 39.4 Å². The summed E-state index contributed by atoms with van der Waals surface area (Å²) in [5, 5.41) is 1.30. The van der Waals surface area contributed by atoms with Crippen molar-refractivity contribution in [2.45, 2.75) is 53.2 Å². The minimum Gasteiger partial charge on any atom is -0.748 e. The summed E-state index contributed by atoms with van der Waals surface area (Å²) in [6.07, 6.45) is 6.11. The number of rotatable bonds is 12. The lowest BCUT2D eigenvalue weighted by molar-refractivity contribution is -0.693. The van der Waals surface area contributed by atoms with Crippen molar-refractivity contribution in [2.75, 3.05) is 34.4 Å². The highest BCUT2D eigenvalue weighted by atomic mass is 35.5. The van der Waals surface area contributed by atoms with Crippen molar-refractivity contribution in [1.29, 1.82) is 0 Å². The summed E-state index contributed by atoms with van der Waals surface area (Å²) in [5.41, 5.74) is 2.86. The molecule has 0 N–H and O–H groups in total. The fourth-order valence-corrected chi connectivity index (χ4v) is 7.30. The zero-order valence-corrected chi connectivity index (χ0v) is 31.8. The third kappa shape index (κ3) is 9.79. The van der Waals surface area contributed by atoms with Gasteiger partial charge in [-0.1, -0.05) is 52.5 Å². The monoisotopic (exact) mass is 791 g/mol. The smallest absolute Gasteiger partial charge is 0.286 e. The second kappa shape index (κ2) is 16.6. The van der Waals surface area contributed by atoms with E-state index in [2.05, 4.69) is 23.9 Å². The van der Waals surface area contributed by atoms with Gasteiger partial charge in [-0.2, -0.15) is 0 Å². The first-order valence-electron chi connectivity index (χ1n) is 15.6. The molecule has 5 rings (SSSR count). The molecule has 0 aliphatic carbocycles. The number of pyridine rings is 1. The number of nitrogens with zero attached hydrogens (tertiary/aromatic N) is 5. The van der Waals surface area contributed by atoms with E-state index in [1.54, 1.807) is 24.3 Å². The standard InChI is InChI=1S/C25H28Cl4N4O6S2.C7H10N/c1-3-30-20-11-16(26)18(28)13-22(20)32(7-5-9-40(34,35)36)24(30)15-25-31(4-2)21-12-17(27)19(29)14-23(21)33(25)8-6-10-41(37,38)39;1-2-8-6-4-3-5-7-8/h11-15H,3-10H2,1-2H3,(H-,34,35,36,37,38,39);3-7H,2H2,1H3/q;+1/p-1. The van der Waals surface area contributed by atoms with E-state index < -0.39 is 31.7 Å². The molecule has 0 unspecified atom stereocenters. The van der Waals surface area contributed by atoms with Crippen LogP contribution < -0.4 is 18.9 Å². The van der Waals surface area contributed by atoms with Crippen LogP contribution in [0.15, 0.2) is 60.7 Å². The summed E-state index contributed by atoms with van der Waals surface area (Å²) in [5.74, 6) is 0.221. The fraction of sp³-hybridized carbons (Fsp3) is 0.375. The van der Waals surface area contributed by atoms with Gasteiger partial charge in [0.25, 0.3) is 5.82 Å². The van der Waals surface area contributed by atoms with Gasteiger partial charge in [0.15, 0.2) is 23.4 Å². The van der Waals surface area contributed by atoms with E-state index in [4.69, 9.17) is 46.4 Å². The van der Waals surface area contributed by atoms with Gasteiger partial charge in [-0.15, -0.1) is 0 Å². The Morgan fingerprint density at radius 2 is 1.29 bits per heavy atom. The number of anilines is 2. The van der Waals surface area contributed by atoms with Crippen LogP contribution in [0.2, 0.25) is 20.1 Å². The van der Waals surface area contributed by atoms with Crippen molar-refractivity contribution in [3.05, 3.63) is 86.6 Å². The van der Waals surface area contributed by atoms with Gasteiger partial charge in [0, 0.05) is 48.9 Å². The zero-order chi connectivity index (χ0) is 36.1. The summed E-state index contributed by atoms with van der Waals surface area (Å²) in [6.45, 7) is 8.44. The summed E-state index contributed by atoms with van der Waals surface area (Å²) < 4.78 is 74.2. The molecule has 0 saturated heterocycles. The van der Waals surface area contributed by atoms with Crippen molar-refractivity contribution in [1.82, 2.24) is 4.57 Å². The zero-order valence-electron chi connectivity index (χ0n) is 27.2. The molecule has 3 heterocycles. The van der Waals surface area contributed by atoms with Crippen molar-refractivity contribution in [3.8, 4) is 0 Å². The summed E-state index contributed by atoms with van der Waals surface area (Å²) in [6, 6.07) is 12.9. The Balaban J connectivity index is 0.000000592. The number of hydrogen-bond acceptors (Lipinski definition) is 8. The molecule has 0 atom stereocenters. The third-order valence-electron chi connectivity index (χ3n) is 7.89. The van der Waals surface area contributed by atoms with E-state index in [0.717, 1.165) is 17.7 Å². The molecule has 4 aromatic rings. The lowest BCUT2D eigenvalue weighted by Gasteiger charge is -2.24. The second-order valence-corrected chi connectivity index (χ2v) is 15.8. The molecule has 2 aromatic heterocycles. The van der Waals surface area contributed by atoms with E-state index >= 15 is 0 Å². The molecule has 17 heteroatoms. The molecular formula is C32H37Cl4N5O6S2. The number of halogens is 4. The first-order valence-corrected chi connectivity index (χ1v) is 20.2. The number of aryl methyl sites for hydroxylation is 3. The van der Waals surface area contributed by atoms with Crippen LogP contribution in [0.5, 0.6) is 0 Å². The molecule has 0 saturated carbocycles. The number of benzene rings is 2. The van der Waals surface area contributed by atoms with Gasteiger partial charge in [0.1, 0.15) is 12.4 Å². The van der Waals surface area contributed by atoms with Crippen molar-refractivity contribution in [3.63, 3.8) is 0 Å². The van der Waals surface area contributed by atoms with Crippen LogP contribution in [-0.2, 0) is 39.9 Å². The molecule has 11 nitrogen and oxygen atoms in total. The van der Waals surface area contributed by atoms with Gasteiger partial charge < -0.3 is 18.9 Å². The lowest BCUT2D eigenvalue weighted by Crippen LogP contribution is -2.38. The second-order valence-electron chi connectivity index (χ2n) is 11.1. The highest BCUT2D eigenvalue weighted by molar-refractivity contribution is 7.85. The summed E-state index contributed by atoms with van der Waals surface area (Å²) in [7, 11) is -8.87. The highest BCUT2D eigenvalue weighted by Crippen LogP contribution is 2.46. The average Bonchev–Trinajstić information content (AvgIpc) is 3.46. The van der Waals surface area contributed by atoms with E-state index in [1.807, 2.05) is 57.1 Å². The van der Waals surface area contributed by atoms with E-state index in [0.29, 0.717) is 56.0 Å². The molecular weight excluding hydrogens is 756 g/mol. The molecule has 2 aromatic carbocycles. The number of hydrogen-bond donors (Lipinski definition) is 0. The van der Waals surface area contributed by atoms with Crippen LogP contribution in [0.3, 0.4) is 0 Å². The molecule has 266 valence electrons. The third-order valence-corrected chi connectivity index (χ3v) is 10.9. The van der Waals surface area contributed by atoms with E-state index in [9.17, 15) is 25.9 Å². The summed E-state index contributed by atoms with van der Waals surface area (Å²) in [4.78, 5) is 3.85. The van der Waals surface area contributed by atoms with Crippen molar-refractivity contribution >= 4 is 95.1 Å². The van der Waals surface area contributed by atoms with Crippen LogP contribution in [0.25, 0.3) is 17.1 Å². The number of fused-ring (bicyclic) bond motifs is 2. The van der Waals surface area contributed by atoms with Crippen molar-refractivity contribution < 1.29 is 35.1 Å². The van der Waals surface area contributed by atoms with Gasteiger partial charge in [-0.05, 0) is 45.7 Å². The van der Waals surface area contributed by atoms with Gasteiger partial charge >= 0.3 is 0 Å².